The molecule has 0 aliphatic rings. The van der Waals surface area contributed by atoms with Gasteiger partial charge in [0, 0.05) is 18.5 Å². The average molecular weight is 266 g/mol. The van der Waals surface area contributed by atoms with Gasteiger partial charge in [-0.3, -0.25) is 0 Å². The maximum atomic E-state index is 4.39. The Kier molecular flexibility index (Phi) is 7.72. The fourth-order valence-corrected chi connectivity index (χ4v) is 2.41. The Morgan fingerprint density at radius 3 is 2.58 bits per heavy atom. The van der Waals surface area contributed by atoms with Crippen LogP contribution in [0.15, 0.2) is 6.33 Å². The lowest BCUT2D eigenvalue weighted by Gasteiger charge is -2.17. The first-order valence-corrected chi connectivity index (χ1v) is 7.74. The molecular formula is C15H30N4. The molecule has 0 saturated heterocycles. The highest BCUT2D eigenvalue weighted by Gasteiger charge is 2.13. The lowest BCUT2D eigenvalue weighted by molar-refractivity contribution is 0.442. The van der Waals surface area contributed by atoms with Crippen LogP contribution >= 0.6 is 0 Å². The van der Waals surface area contributed by atoms with Gasteiger partial charge in [0.1, 0.15) is 12.2 Å². The van der Waals surface area contributed by atoms with Crippen LogP contribution in [0.5, 0.6) is 0 Å². The van der Waals surface area contributed by atoms with E-state index in [0.717, 1.165) is 12.2 Å². The summed E-state index contributed by atoms with van der Waals surface area (Å²) < 4.78 is 2.03. The molecule has 0 saturated carbocycles. The average Bonchev–Trinajstić information content (AvgIpc) is 2.85. The molecule has 4 heteroatoms. The zero-order chi connectivity index (χ0) is 14.1. The number of likely N-dealkylation sites (N-methyl/N-ethyl adjacent to an activating group) is 1. The van der Waals surface area contributed by atoms with Crippen molar-refractivity contribution in [2.24, 2.45) is 0 Å². The van der Waals surface area contributed by atoms with Gasteiger partial charge in [-0.15, -0.1) is 0 Å². The Labute approximate surface area is 118 Å². The van der Waals surface area contributed by atoms with Crippen LogP contribution in [0.3, 0.4) is 0 Å². The first kappa shape index (κ1) is 16.2. The molecule has 1 aromatic heterocycles. The van der Waals surface area contributed by atoms with Gasteiger partial charge in [-0.2, -0.15) is 5.10 Å². The van der Waals surface area contributed by atoms with Crippen molar-refractivity contribution in [3.63, 3.8) is 0 Å². The summed E-state index contributed by atoms with van der Waals surface area (Å²) in [4.78, 5) is 4.39. The lowest BCUT2D eigenvalue weighted by atomic mass is 10.0. The van der Waals surface area contributed by atoms with Crippen molar-refractivity contribution in [1.82, 2.24) is 20.1 Å². The second-order valence-electron chi connectivity index (χ2n) is 5.61. The molecule has 1 unspecified atom stereocenters. The lowest BCUT2D eigenvalue weighted by Crippen LogP contribution is -2.29. The van der Waals surface area contributed by atoms with E-state index in [1.807, 2.05) is 11.7 Å². The minimum absolute atomic E-state index is 0.388. The highest BCUT2D eigenvalue weighted by molar-refractivity contribution is 4.91. The Morgan fingerprint density at radius 2 is 1.95 bits per heavy atom. The van der Waals surface area contributed by atoms with E-state index in [2.05, 4.69) is 36.2 Å². The third-order valence-electron chi connectivity index (χ3n) is 3.63. The molecule has 1 N–H and O–H groups in total. The zero-order valence-corrected chi connectivity index (χ0v) is 13.0. The molecule has 0 aromatic carbocycles. The summed E-state index contributed by atoms with van der Waals surface area (Å²) in [7, 11) is 2.05. The largest absolute Gasteiger partial charge is 0.317 e. The summed E-state index contributed by atoms with van der Waals surface area (Å²) >= 11 is 0. The molecule has 19 heavy (non-hydrogen) atoms. The van der Waals surface area contributed by atoms with Crippen molar-refractivity contribution in [2.45, 2.75) is 77.8 Å². The molecule has 0 aliphatic carbocycles. The fourth-order valence-electron chi connectivity index (χ4n) is 2.41. The van der Waals surface area contributed by atoms with Crippen molar-refractivity contribution in [2.75, 3.05) is 7.05 Å². The maximum absolute atomic E-state index is 4.39. The molecule has 1 atom stereocenters. The number of nitrogens with zero attached hydrogens (tertiary/aromatic N) is 3. The topological polar surface area (TPSA) is 42.7 Å². The molecule has 110 valence electrons. The third kappa shape index (κ3) is 5.72. The van der Waals surface area contributed by atoms with Crippen LogP contribution < -0.4 is 5.32 Å². The van der Waals surface area contributed by atoms with E-state index in [1.165, 1.54) is 38.5 Å². The molecule has 0 spiro atoms. The van der Waals surface area contributed by atoms with Crippen LogP contribution in [0.2, 0.25) is 0 Å². The van der Waals surface area contributed by atoms with Crippen molar-refractivity contribution in [3.05, 3.63) is 12.2 Å². The van der Waals surface area contributed by atoms with Crippen LogP contribution in [-0.4, -0.2) is 27.9 Å². The van der Waals surface area contributed by atoms with Crippen molar-refractivity contribution in [3.8, 4) is 0 Å². The Morgan fingerprint density at radius 1 is 1.21 bits per heavy atom. The summed E-state index contributed by atoms with van der Waals surface area (Å²) in [5.41, 5.74) is 0. The Hall–Kier alpha value is -0.900. The molecule has 4 nitrogen and oxygen atoms in total. The summed E-state index contributed by atoms with van der Waals surface area (Å²) in [6, 6.07) is 0.905. The van der Waals surface area contributed by atoms with Gasteiger partial charge in [0.05, 0.1) is 0 Å². The van der Waals surface area contributed by atoms with E-state index in [-0.39, 0.29) is 0 Å². The normalized spacial score (nSPS) is 13.1. The smallest absolute Gasteiger partial charge is 0.138 e. The molecule has 0 fully saturated rings. The van der Waals surface area contributed by atoms with Crippen molar-refractivity contribution < 1.29 is 0 Å². The molecule has 0 amide bonds. The van der Waals surface area contributed by atoms with E-state index in [4.69, 9.17) is 0 Å². The molecule has 1 heterocycles. The molecule has 1 rings (SSSR count). The summed E-state index contributed by atoms with van der Waals surface area (Å²) in [6.45, 7) is 6.56. The number of rotatable bonds is 10. The third-order valence-corrected chi connectivity index (χ3v) is 3.63. The monoisotopic (exact) mass is 266 g/mol. The molecular weight excluding hydrogens is 236 g/mol. The highest BCUT2D eigenvalue weighted by atomic mass is 15.3. The van der Waals surface area contributed by atoms with Gasteiger partial charge >= 0.3 is 0 Å². The standard InChI is InChI=1S/C15H30N4/c1-5-6-7-8-9-10-14(16-4)11-15-17-12-18-19(15)13(2)3/h12-14,16H,5-11H2,1-4H3. The minimum Gasteiger partial charge on any atom is -0.317 e. The number of hydrogen-bond donors (Lipinski definition) is 1. The summed E-state index contributed by atoms with van der Waals surface area (Å²) in [5, 5.41) is 7.72. The van der Waals surface area contributed by atoms with Gasteiger partial charge in [-0.1, -0.05) is 39.0 Å². The first-order valence-electron chi connectivity index (χ1n) is 7.74. The van der Waals surface area contributed by atoms with Crippen molar-refractivity contribution in [1.29, 1.82) is 0 Å². The predicted octanol–water partition coefficient (Wildman–Crippen LogP) is 3.35. The fraction of sp³-hybridized carbons (Fsp3) is 0.867. The second kappa shape index (κ2) is 9.08. The quantitative estimate of drug-likeness (QED) is 0.660. The van der Waals surface area contributed by atoms with E-state index in [0.29, 0.717) is 12.1 Å². The van der Waals surface area contributed by atoms with Gasteiger partial charge in [0.15, 0.2) is 0 Å². The second-order valence-corrected chi connectivity index (χ2v) is 5.61. The van der Waals surface area contributed by atoms with Crippen molar-refractivity contribution >= 4 is 0 Å². The van der Waals surface area contributed by atoms with Crippen LogP contribution in [0, 0.1) is 0 Å². The predicted molar refractivity (Wildman–Crippen MR) is 80.3 cm³/mol. The Bertz CT molecular complexity index is 333. The SMILES string of the molecule is CCCCCCCC(Cc1ncnn1C(C)C)NC. The number of nitrogens with one attached hydrogen (secondary N) is 1. The van der Waals surface area contributed by atoms with E-state index < -0.39 is 0 Å². The van der Waals surface area contributed by atoms with Gasteiger partial charge in [-0.05, 0) is 27.3 Å². The maximum Gasteiger partial charge on any atom is 0.138 e. The number of unbranched alkanes of at least 4 members (excludes halogenated alkanes) is 4. The summed E-state index contributed by atoms with van der Waals surface area (Å²) in [5.74, 6) is 1.10. The summed E-state index contributed by atoms with van der Waals surface area (Å²) in [6.07, 6.45) is 10.6. The Balaban J connectivity index is 2.37. The molecule has 0 bridgehead atoms. The van der Waals surface area contributed by atoms with Gasteiger partial charge in [0.25, 0.3) is 0 Å². The van der Waals surface area contributed by atoms with Crippen LogP contribution in [0.25, 0.3) is 0 Å². The van der Waals surface area contributed by atoms with E-state index in [9.17, 15) is 0 Å². The van der Waals surface area contributed by atoms with Crippen LogP contribution in [-0.2, 0) is 6.42 Å². The first-order chi connectivity index (χ1) is 9.19. The van der Waals surface area contributed by atoms with E-state index in [1.54, 1.807) is 6.33 Å². The number of aromatic nitrogens is 3. The van der Waals surface area contributed by atoms with Gasteiger partial charge < -0.3 is 5.32 Å². The van der Waals surface area contributed by atoms with Crippen LogP contribution in [0.4, 0.5) is 0 Å². The minimum atomic E-state index is 0.388. The zero-order valence-electron chi connectivity index (χ0n) is 13.0. The van der Waals surface area contributed by atoms with E-state index >= 15 is 0 Å². The van der Waals surface area contributed by atoms with Gasteiger partial charge in [-0.25, -0.2) is 9.67 Å². The molecule has 0 radical (unpaired) electrons. The molecule has 1 aromatic rings. The molecule has 0 aliphatic heterocycles. The highest BCUT2D eigenvalue weighted by Crippen LogP contribution is 2.12. The van der Waals surface area contributed by atoms with Gasteiger partial charge in [0.2, 0.25) is 0 Å². The number of hydrogen-bond acceptors (Lipinski definition) is 3. The van der Waals surface area contributed by atoms with Crippen LogP contribution in [0.1, 0.15) is 71.2 Å².